The number of nitrogens with one attached hydrogen (secondary N) is 1. The largest absolute Gasteiger partial charge is 0.391 e. The van der Waals surface area contributed by atoms with Crippen LogP contribution in [-0.2, 0) is 0 Å². The van der Waals surface area contributed by atoms with Crippen molar-refractivity contribution >= 4 is 26.6 Å². The Bertz CT molecular complexity index is 728. The van der Waals surface area contributed by atoms with Crippen molar-refractivity contribution in [2.75, 3.05) is 5.73 Å². The molecule has 0 aliphatic heterocycles. The molecule has 3 rings (SSSR count). The molecule has 84 valence electrons. The first kappa shape index (κ1) is 10.1. The smallest absolute Gasteiger partial charge is 0.198 e. The summed E-state index contributed by atoms with van der Waals surface area (Å²) in [6.45, 7) is 0. The Kier molecular flexibility index (Phi) is 2.23. The van der Waals surface area contributed by atoms with Crippen molar-refractivity contribution in [3.63, 3.8) is 0 Å². The lowest BCUT2D eigenvalue weighted by molar-refractivity contribution is 1.41. The molecule has 3 aromatic rings. The lowest BCUT2D eigenvalue weighted by Gasteiger charge is -2.00. The number of hydrogen-bond donors (Lipinski definition) is 2. The fourth-order valence-corrected chi connectivity index (χ4v) is 2.66. The second-order valence-electron chi connectivity index (χ2n) is 3.79. The third-order valence-electron chi connectivity index (χ3n) is 2.67. The van der Waals surface area contributed by atoms with E-state index in [1.807, 2.05) is 30.3 Å². The number of aromatic amines is 1. The van der Waals surface area contributed by atoms with Gasteiger partial charge < -0.3 is 10.7 Å². The molecule has 1 aromatic carbocycles. The van der Waals surface area contributed by atoms with Crippen LogP contribution in [0.2, 0.25) is 0 Å². The van der Waals surface area contributed by atoms with E-state index in [4.69, 9.17) is 5.73 Å². The van der Waals surface area contributed by atoms with E-state index in [1.165, 1.54) is 11.3 Å². The fraction of sp³-hybridized carbons (Fsp3) is 0. The molecule has 0 fully saturated rings. The predicted molar refractivity (Wildman–Crippen MR) is 72.3 cm³/mol. The number of nitrogens with two attached hydrogens (primary N) is 1. The van der Waals surface area contributed by atoms with Crippen molar-refractivity contribution in [3.8, 4) is 11.1 Å². The van der Waals surface area contributed by atoms with Gasteiger partial charge in [0.25, 0.3) is 0 Å². The average Bonchev–Trinajstić information content (AvgIpc) is 2.72. The Balaban J connectivity index is 2.32. The molecule has 0 radical (unpaired) electrons. The summed E-state index contributed by atoms with van der Waals surface area (Å²) in [6.07, 6.45) is 1.75. The molecule has 0 bridgehead atoms. The summed E-state index contributed by atoms with van der Waals surface area (Å²) in [4.78, 5) is 16.2. The van der Waals surface area contributed by atoms with Gasteiger partial charge in [-0.1, -0.05) is 30.3 Å². The fourth-order valence-electron chi connectivity index (χ4n) is 1.87. The van der Waals surface area contributed by atoms with Gasteiger partial charge in [-0.25, -0.2) is 0 Å². The zero-order valence-electron chi connectivity index (χ0n) is 8.94. The van der Waals surface area contributed by atoms with Crippen molar-refractivity contribution in [2.45, 2.75) is 0 Å². The first-order chi connectivity index (χ1) is 8.25. The summed E-state index contributed by atoms with van der Waals surface area (Å²) >= 11 is 1.39. The molecule has 3 nitrogen and oxygen atoms in total. The van der Waals surface area contributed by atoms with Crippen LogP contribution in [-0.4, -0.2) is 4.98 Å². The summed E-state index contributed by atoms with van der Waals surface area (Å²) in [6, 6.07) is 11.3. The van der Waals surface area contributed by atoms with Gasteiger partial charge in [0.05, 0.1) is 10.4 Å². The zero-order valence-corrected chi connectivity index (χ0v) is 9.75. The van der Waals surface area contributed by atoms with Gasteiger partial charge in [-0.15, -0.1) is 11.3 Å². The third kappa shape index (κ3) is 1.62. The number of thiophene rings is 1. The number of anilines is 1. The topological polar surface area (TPSA) is 58.9 Å². The van der Waals surface area contributed by atoms with Gasteiger partial charge >= 0.3 is 0 Å². The van der Waals surface area contributed by atoms with E-state index in [-0.39, 0.29) is 5.43 Å². The van der Waals surface area contributed by atoms with E-state index in [0.717, 1.165) is 10.4 Å². The molecule has 0 aliphatic rings. The SMILES string of the molecule is Nc1cc2c(=O)c(-c3ccccc3)c[nH]c2s1. The summed E-state index contributed by atoms with van der Waals surface area (Å²) in [5.74, 6) is 0. The van der Waals surface area contributed by atoms with E-state index >= 15 is 0 Å². The van der Waals surface area contributed by atoms with E-state index in [1.54, 1.807) is 12.3 Å². The van der Waals surface area contributed by atoms with E-state index in [0.29, 0.717) is 16.0 Å². The molecule has 3 N–H and O–H groups in total. The highest BCUT2D eigenvalue weighted by Crippen LogP contribution is 2.25. The molecule has 0 aliphatic carbocycles. The molecule has 0 atom stereocenters. The van der Waals surface area contributed by atoms with Crippen LogP contribution in [0.25, 0.3) is 21.3 Å². The highest BCUT2D eigenvalue weighted by molar-refractivity contribution is 7.22. The molecular weight excluding hydrogens is 232 g/mol. The molecular formula is C13H10N2OS. The van der Waals surface area contributed by atoms with Gasteiger partial charge in [-0.2, -0.15) is 0 Å². The van der Waals surface area contributed by atoms with Gasteiger partial charge in [-0.05, 0) is 11.6 Å². The van der Waals surface area contributed by atoms with Crippen LogP contribution in [0.5, 0.6) is 0 Å². The average molecular weight is 242 g/mol. The zero-order chi connectivity index (χ0) is 11.8. The summed E-state index contributed by atoms with van der Waals surface area (Å²) in [7, 11) is 0. The minimum absolute atomic E-state index is 0.0258. The summed E-state index contributed by atoms with van der Waals surface area (Å²) in [5, 5.41) is 1.31. The minimum atomic E-state index is 0.0258. The number of H-pyrrole nitrogens is 1. The monoisotopic (exact) mass is 242 g/mol. The molecule has 2 aromatic heterocycles. The minimum Gasteiger partial charge on any atom is -0.391 e. The first-order valence-corrected chi connectivity index (χ1v) is 6.03. The molecule has 0 unspecified atom stereocenters. The van der Waals surface area contributed by atoms with Gasteiger partial charge in [0.15, 0.2) is 5.43 Å². The Morgan fingerprint density at radius 1 is 1.18 bits per heavy atom. The van der Waals surface area contributed by atoms with Crippen LogP contribution >= 0.6 is 11.3 Å². The number of pyridine rings is 1. The van der Waals surface area contributed by atoms with Crippen LogP contribution in [0, 0.1) is 0 Å². The van der Waals surface area contributed by atoms with Crippen LogP contribution in [0.1, 0.15) is 0 Å². The molecule has 17 heavy (non-hydrogen) atoms. The highest BCUT2D eigenvalue weighted by Gasteiger charge is 2.09. The lowest BCUT2D eigenvalue weighted by atomic mass is 10.1. The number of aromatic nitrogens is 1. The Morgan fingerprint density at radius 2 is 1.94 bits per heavy atom. The molecule has 0 saturated carbocycles. The molecule has 0 amide bonds. The normalized spacial score (nSPS) is 10.8. The standard InChI is InChI=1S/C13H10N2OS/c14-11-6-9-12(16)10(7-15-13(9)17-11)8-4-2-1-3-5-8/h1-7H,14H2,(H,15,16). The Morgan fingerprint density at radius 3 is 2.71 bits per heavy atom. The Labute approximate surface area is 102 Å². The maximum absolute atomic E-state index is 12.3. The first-order valence-electron chi connectivity index (χ1n) is 5.22. The number of nitrogen functional groups attached to an aromatic ring is 1. The van der Waals surface area contributed by atoms with E-state index < -0.39 is 0 Å². The van der Waals surface area contributed by atoms with Crippen molar-refractivity contribution < 1.29 is 0 Å². The quantitative estimate of drug-likeness (QED) is 0.689. The van der Waals surface area contributed by atoms with Crippen molar-refractivity contribution in [2.24, 2.45) is 0 Å². The molecule has 4 heteroatoms. The molecule has 0 saturated heterocycles. The van der Waals surface area contributed by atoms with Crippen LogP contribution in [0.4, 0.5) is 5.00 Å². The molecule has 0 spiro atoms. The van der Waals surface area contributed by atoms with Gasteiger partial charge in [-0.3, -0.25) is 4.79 Å². The predicted octanol–water partition coefficient (Wildman–Crippen LogP) is 2.84. The van der Waals surface area contributed by atoms with E-state index in [9.17, 15) is 4.79 Å². The number of benzene rings is 1. The summed E-state index contributed by atoms with van der Waals surface area (Å²) < 4.78 is 0. The van der Waals surface area contributed by atoms with Crippen molar-refractivity contribution in [3.05, 3.63) is 52.8 Å². The van der Waals surface area contributed by atoms with Crippen LogP contribution in [0.15, 0.2) is 47.4 Å². The lowest BCUT2D eigenvalue weighted by Crippen LogP contribution is -2.04. The number of hydrogen-bond acceptors (Lipinski definition) is 3. The van der Waals surface area contributed by atoms with E-state index in [2.05, 4.69) is 4.98 Å². The third-order valence-corrected chi connectivity index (χ3v) is 3.57. The highest BCUT2D eigenvalue weighted by atomic mass is 32.1. The van der Waals surface area contributed by atoms with Crippen molar-refractivity contribution in [1.29, 1.82) is 0 Å². The van der Waals surface area contributed by atoms with Crippen LogP contribution in [0.3, 0.4) is 0 Å². The van der Waals surface area contributed by atoms with Gasteiger partial charge in [0.1, 0.15) is 4.83 Å². The van der Waals surface area contributed by atoms with Gasteiger partial charge in [0, 0.05) is 11.8 Å². The number of rotatable bonds is 1. The Hall–Kier alpha value is -2.07. The van der Waals surface area contributed by atoms with Gasteiger partial charge in [0.2, 0.25) is 0 Å². The van der Waals surface area contributed by atoms with Crippen LogP contribution < -0.4 is 11.2 Å². The summed E-state index contributed by atoms with van der Waals surface area (Å²) in [5.41, 5.74) is 7.33. The maximum Gasteiger partial charge on any atom is 0.198 e. The maximum atomic E-state index is 12.3. The van der Waals surface area contributed by atoms with Crippen molar-refractivity contribution in [1.82, 2.24) is 4.98 Å². The second kappa shape index (κ2) is 3.75. The number of fused-ring (bicyclic) bond motifs is 1. The second-order valence-corrected chi connectivity index (χ2v) is 4.87. The molecule has 2 heterocycles.